The lowest BCUT2D eigenvalue weighted by Crippen LogP contribution is -2.16. The Morgan fingerprint density at radius 2 is 1.75 bits per heavy atom. The van der Waals surface area contributed by atoms with Crippen LogP contribution in [0.3, 0.4) is 0 Å². The Morgan fingerprint density at radius 3 is 2.53 bits per heavy atom. The molecule has 0 bridgehead atoms. The summed E-state index contributed by atoms with van der Waals surface area (Å²) in [6, 6.07) is 21.6. The summed E-state index contributed by atoms with van der Waals surface area (Å²) in [5.41, 5.74) is 6.10. The van der Waals surface area contributed by atoms with E-state index in [9.17, 15) is 0 Å². The maximum Gasteiger partial charge on any atom is 0.230 e. The third-order valence-corrected chi connectivity index (χ3v) is 6.60. The molecular weight excluding hydrogens is 474 g/mol. The zero-order chi connectivity index (χ0) is 24.2. The molecule has 1 aliphatic rings. The summed E-state index contributed by atoms with van der Waals surface area (Å²) < 4.78 is 9.95. The van der Waals surface area contributed by atoms with E-state index < -0.39 is 0 Å². The normalized spacial score (nSPS) is 14.3. The van der Waals surface area contributed by atoms with Gasteiger partial charge >= 0.3 is 0 Å². The van der Waals surface area contributed by atoms with Crippen molar-refractivity contribution in [3.63, 3.8) is 0 Å². The number of hydrogen-bond acceptors (Lipinski definition) is 6. The largest absolute Gasteiger partial charge is 0.420 e. The fourth-order valence-corrected chi connectivity index (χ4v) is 4.86. The lowest BCUT2D eigenvalue weighted by atomic mass is 9.84. The standard InChI is InChI=1S/C27H18ClN7O/c1-16-21-22(17-6-3-2-4-7-17)23-25-31-24(18-8-5-13-29-14-18)33-34(25)15-30-26(23)36-27(21)35(32-16)20-11-9-19(28)10-12-20/h2-15,22H,1H3/t22-/m0/s1. The topological polar surface area (TPSA) is 83.0 Å². The molecule has 0 saturated heterocycles. The first-order valence-corrected chi connectivity index (χ1v) is 11.8. The van der Waals surface area contributed by atoms with Gasteiger partial charge in [-0.2, -0.15) is 5.10 Å². The Morgan fingerprint density at radius 1 is 0.917 bits per heavy atom. The Balaban J connectivity index is 1.48. The maximum atomic E-state index is 6.45. The van der Waals surface area contributed by atoms with E-state index in [0.717, 1.165) is 33.6 Å². The number of hydrogen-bond donors (Lipinski definition) is 0. The highest BCUT2D eigenvalue weighted by molar-refractivity contribution is 6.30. The molecule has 0 radical (unpaired) electrons. The van der Waals surface area contributed by atoms with Crippen molar-refractivity contribution in [3.05, 3.63) is 113 Å². The number of rotatable bonds is 3. The Labute approximate surface area is 210 Å². The molecule has 174 valence electrons. The molecule has 0 aliphatic carbocycles. The van der Waals surface area contributed by atoms with Crippen molar-refractivity contribution in [2.24, 2.45) is 0 Å². The van der Waals surface area contributed by atoms with E-state index >= 15 is 0 Å². The van der Waals surface area contributed by atoms with Crippen LogP contribution in [0.2, 0.25) is 5.02 Å². The minimum atomic E-state index is -0.201. The number of aromatic nitrogens is 7. The second-order valence-electron chi connectivity index (χ2n) is 8.55. The van der Waals surface area contributed by atoms with Crippen molar-refractivity contribution in [3.8, 4) is 28.8 Å². The van der Waals surface area contributed by atoms with Crippen molar-refractivity contribution in [1.82, 2.24) is 34.3 Å². The van der Waals surface area contributed by atoms with Crippen molar-refractivity contribution >= 4 is 17.2 Å². The summed E-state index contributed by atoms with van der Waals surface area (Å²) in [5.74, 6) is 1.47. The van der Waals surface area contributed by atoms with Crippen LogP contribution < -0.4 is 4.74 Å². The molecule has 0 N–H and O–H groups in total. The van der Waals surface area contributed by atoms with Crippen molar-refractivity contribution in [1.29, 1.82) is 0 Å². The molecule has 1 atom stereocenters. The molecular formula is C27H18ClN7O. The van der Waals surface area contributed by atoms with Gasteiger partial charge in [0.05, 0.1) is 28.4 Å². The van der Waals surface area contributed by atoms with E-state index in [1.807, 2.05) is 61.5 Å². The smallest absolute Gasteiger partial charge is 0.230 e. The van der Waals surface area contributed by atoms with Crippen molar-refractivity contribution < 1.29 is 4.74 Å². The van der Waals surface area contributed by atoms with Gasteiger partial charge in [0.15, 0.2) is 11.5 Å². The number of benzene rings is 2. The van der Waals surface area contributed by atoms with E-state index in [4.69, 9.17) is 26.4 Å². The lowest BCUT2D eigenvalue weighted by molar-refractivity contribution is 0.402. The second kappa shape index (κ2) is 8.00. The van der Waals surface area contributed by atoms with Crippen LogP contribution in [0.1, 0.15) is 28.3 Å². The van der Waals surface area contributed by atoms with Gasteiger partial charge in [0.1, 0.15) is 6.33 Å². The fraction of sp³-hybridized carbons (Fsp3) is 0.0741. The zero-order valence-electron chi connectivity index (χ0n) is 19.1. The van der Waals surface area contributed by atoms with Crippen LogP contribution in [-0.2, 0) is 0 Å². The number of aryl methyl sites for hydroxylation is 1. The summed E-state index contributed by atoms with van der Waals surface area (Å²) in [5, 5.41) is 10.2. The van der Waals surface area contributed by atoms with Gasteiger partial charge in [-0.3, -0.25) is 4.98 Å². The Bertz CT molecular complexity index is 1730. The molecule has 0 saturated carbocycles. The van der Waals surface area contributed by atoms with Crippen LogP contribution in [0.4, 0.5) is 0 Å². The van der Waals surface area contributed by atoms with E-state index in [1.165, 1.54) is 0 Å². The first-order chi connectivity index (χ1) is 17.7. The molecule has 0 amide bonds. The van der Waals surface area contributed by atoms with Crippen LogP contribution in [0.5, 0.6) is 11.8 Å². The van der Waals surface area contributed by atoms with Gasteiger partial charge in [-0.15, -0.1) is 5.10 Å². The minimum Gasteiger partial charge on any atom is -0.420 e. The molecule has 0 fully saturated rings. The molecule has 8 nitrogen and oxygen atoms in total. The van der Waals surface area contributed by atoms with Crippen LogP contribution >= 0.6 is 11.6 Å². The molecule has 7 rings (SSSR count). The van der Waals surface area contributed by atoms with Crippen LogP contribution in [0.15, 0.2) is 85.5 Å². The third kappa shape index (κ3) is 3.19. The van der Waals surface area contributed by atoms with Gasteiger partial charge in [-0.25, -0.2) is 19.2 Å². The average molecular weight is 492 g/mol. The van der Waals surface area contributed by atoms with E-state index in [2.05, 4.69) is 27.2 Å². The molecule has 36 heavy (non-hydrogen) atoms. The van der Waals surface area contributed by atoms with Gasteiger partial charge in [0, 0.05) is 23.0 Å². The van der Waals surface area contributed by atoms with E-state index in [0.29, 0.717) is 28.3 Å². The summed E-state index contributed by atoms with van der Waals surface area (Å²) in [6.07, 6.45) is 5.10. The summed E-state index contributed by atoms with van der Waals surface area (Å²) in [7, 11) is 0. The molecule has 0 unspecified atom stereocenters. The third-order valence-electron chi connectivity index (χ3n) is 6.34. The van der Waals surface area contributed by atoms with Gasteiger partial charge in [0.2, 0.25) is 11.8 Å². The fourth-order valence-electron chi connectivity index (χ4n) is 4.73. The quantitative estimate of drug-likeness (QED) is 0.319. The predicted molar refractivity (Wildman–Crippen MR) is 135 cm³/mol. The van der Waals surface area contributed by atoms with Gasteiger partial charge in [0.25, 0.3) is 0 Å². The SMILES string of the molecule is Cc1nn(-c2ccc(Cl)cc2)c2c1[C@H](c1ccccc1)c1c(ncn3nc(-c4cccnc4)nc13)O2. The lowest BCUT2D eigenvalue weighted by Gasteiger charge is -2.26. The summed E-state index contributed by atoms with van der Waals surface area (Å²) >= 11 is 6.13. The number of nitrogens with zero attached hydrogens (tertiary/aromatic N) is 7. The Kier molecular flexibility index (Phi) is 4.62. The molecule has 4 aromatic heterocycles. The van der Waals surface area contributed by atoms with Gasteiger partial charge in [-0.1, -0.05) is 41.9 Å². The molecule has 2 aromatic carbocycles. The van der Waals surface area contributed by atoms with Crippen molar-refractivity contribution in [2.45, 2.75) is 12.8 Å². The van der Waals surface area contributed by atoms with Gasteiger partial charge in [-0.05, 0) is 48.9 Å². The number of ether oxygens (including phenoxy) is 1. The van der Waals surface area contributed by atoms with Crippen LogP contribution in [0, 0.1) is 6.92 Å². The highest BCUT2D eigenvalue weighted by Gasteiger charge is 2.38. The second-order valence-corrected chi connectivity index (χ2v) is 8.98. The first kappa shape index (κ1) is 20.8. The predicted octanol–water partition coefficient (Wildman–Crippen LogP) is 5.62. The minimum absolute atomic E-state index is 0.201. The zero-order valence-corrected chi connectivity index (χ0v) is 19.8. The average Bonchev–Trinajstić information content (AvgIpc) is 3.50. The summed E-state index contributed by atoms with van der Waals surface area (Å²) in [4.78, 5) is 13.8. The number of pyridine rings is 1. The number of fused-ring (bicyclic) bond motifs is 4. The monoisotopic (exact) mass is 491 g/mol. The van der Waals surface area contributed by atoms with Gasteiger partial charge < -0.3 is 4.74 Å². The van der Waals surface area contributed by atoms with Crippen molar-refractivity contribution in [2.75, 3.05) is 0 Å². The molecule has 6 aromatic rings. The van der Waals surface area contributed by atoms with Crippen LogP contribution in [-0.4, -0.2) is 34.3 Å². The first-order valence-electron chi connectivity index (χ1n) is 11.4. The Hall–Kier alpha value is -4.56. The number of halogens is 1. The summed E-state index contributed by atoms with van der Waals surface area (Å²) in [6.45, 7) is 1.99. The molecule has 9 heteroatoms. The van der Waals surface area contributed by atoms with E-state index in [1.54, 1.807) is 27.9 Å². The maximum absolute atomic E-state index is 6.45. The molecule has 5 heterocycles. The van der Waals surface area contributed by atoms with Crippen LogP contribution in [0.25, 0.3) is 22.7 Å². The molecule has 0 spiro atoms. The highest BCUT2D eigenvalue weighted by Crippen LogP contribution is 2.49. The highest BCUT2D eigenvalue weighted by atomic mass is 35.5. The van der Waals surface area contributed by atoms with E-state index in [-0.39, 0.29) is 5.92 Å². The molecule has 1 aliphatic heterocycles.